The standard InChI is InChI=1S/C15H20N2O3/c1-15(2,3)12(9-16)17-14(19)13(18)10-6-5-7-11(8-10)20-4/h5-8,12-13,18H,1-4H3,(H,17,19)/t12-,13+/m1/s1. The van der Waals surface area contributed by atoms with Gasteiger partial charge in [-0.15, -0.1) is 0 Å². The van der Waals surface area contributed by atoms with Crippen molar-refractivity contribution in [3.8, 4) is 11.8 Å². The summed E-state index contributed by atoms with van der Waals surface area (Å²) >= 11 is 0. The number of rotatable bonds is 4. The molecule has 0 aliphatic carbocycles. The molecule has 0 spiro atoms. The number of benzene rings is 1. The predicted molar refractivity (Wildman–Crippen MR) is 75.0 cm³/mol. The van der Waals surface area contributed by atoms with E-state index in [0.29, 0.717) is 11.3 Å². The minimum Gasteiger partial charge on any atom is -0.497 e. The largest absolute Gasteiger partial charge is 0.497 e. The van der Waals surface area contributed by atoms with E-state index in [2.05, 4.69) is 5.32 Å². The Kier molecular flexibility index (Phi) is 5.12. The van der Waals surface area contributed by atoms with Crippen molar-refractivity contribution in [2.75, 3.05) is 7.11 Å². The number of aliphatic hydroxyl groups is 1. The van der Waals surface area contributed by atoms with Crippen LogP contribution >= 0.6 is 0 Å². The minimum atomic E-state index is -1.33. The molecule has 0 saturated heterocycles. The fraction of sp³-hybridized carbons (Fsp3) is 0.467. The topological polar surface area (TPSA) is 82.3 Å². The molecular weight excluding hydrogens is 256 g/mol. The van der Waals surface area contributed by atoms with Crippen LogP contribution in [0.3, 0.4) is 0 Å². The second kappa shape index (κ2) is 6.40. The van der Waals surface area contributed by atoms with Gasteiger partial charge in [0.2, 0.25) is 0 Å². The van der Waals surface area contributed by atoms with Crippen LogP contribution in [0.2, 0.25) is 0 Å². The molecule has 20 heavy (non-hydrogen) atoms. The van der Waals surface area contributed by atoms with Gasteiger partial charge in [-0.1, -0.05) is 32.9 Å². The maximum atomic E-state index is 12.0. The van der Waals surface area contributed by atoms with Crippen molar-refractivity contribution in [2.24, 2.45) is 5.41 Å². The van der Waals surface area contributed by atoms with Crippen LogP contribution in [0.15, 0.2) is 24.3 Å². The number of amides is 1. The second-order valence-corrected chi connectivity index (χ2v) is 5.62. The van der Waals surface area contributed by atoms with Crippen molar-refractivity contribution in [1.82, 2.24) is 5.32 Å². The van der Waals surface area contributed by atoms with Gasteiger partial charge in [0.15, 0.2) is 6.10 Å². The molecule has 0 aromatic heterocycles. The first-order valence-corrected chi connectivity index (χ1v) is 6.31. The van der Waals surface area contributed by atoms with Gasteiger partial charge in [0.05, 0.1) is 13.2 Å². The zero-order chi connectivity index (χ0) is 15.3. The van der Waals surface area contributed by atoms with E-state index in [0.717, 1.165) is 0 Å². The average Bonchev–Trinajstić information content (AvgIpc) is 2.42. The molecule has 5 heteroatoms. The molecule has 0 aliphatic heterocycles. The Morgan fingerprint density at radius 3 is 2.60 bits per heavy atom. The normalized spacial score (nSPS) is 14.0. The van der Waals surface area contributed by atoms with Crippen molar-refractivity contribution in [1.29, 1.82) is 5.26 Å². The Morgan fingerprint density at radius 1 is 1.45 bits per heavy atom. The molecule has 1 aromatic rings. The maximum Gasteiger partial charge on any atom is 0.254 e. The molecule has 1 aromatic carbocycles. The van der Waals surface area contributed by atoms with Gasteiger partial charge in [0.1, 0.15) is 11.8 Å². The van der Waals surface area contributed by atoms with Gasteiger partial charge in [-0.25, -0.2) is 0 Å². The van der Waals surface area contributed by atoms with E-state index in [9.17, 15) is 9.90 Å². The van der Waals surface area contributed by atoms with Gasteiger partial charge in [-0.05, 0) is 23.1 Å². The molecular formula is C15H20N2O3. The number of nitrogens with one attached hydrogen (secondary N) is 1. The van der Waals surface area contributed by atoms with E-state index in [-0.39, 0.29) is 0 Å². The van der Waals surface area contributed by atoms with Crippen molar-refractivity contribution >= 4 is 5.91 Å². The number of methoxy groups -OCH3 is 1. The SMILES string of the molecule is COc1cccc([C@H](O)C(=O)N[C@H](C#N)C(C)(C)C)c1. The third kappa shape index (κ3) is 3.97. The highest BCUT2D eigenvalue weighted by Gasteiger charge is 2.28. The fourth-order valence-electron chi connectivity index (χ4n) is 1.63. The predicted octanol–water partition coefficient (Wildman–Crippen LogP) is 1.78. The van der Waals surface area contributed by atoms with E-state index in [1.54, 1.807) is 24.3 Å². The van der Waals surface area contributed by atoms with Crippen LogP contribution in [0.1, 0.15) is 32.4 Å². The molecule has 0 heterocycles. The molecule has 0 fully saturated rings. The molecule has 0 bridgehead atoms. The van der Waals surface area contributed by atoms with E-state index >= 15 is 0 Å². The van der Waals surface area contributed by atoms with Crippen LogP contribution < -0.4 is 10.1 Å². The van der Waals surface area contributed by atoms with Crippen LogP contribution in [0, 0.1) is 16.7 Å². The van der Waals surface area contributed by atoms with Crippen LogP contribution in [-0.4, -0.2) is 24.2 Å². The molecule has 0 saturated carbocycles. The zero-order valence-corrected chi connectivity index (χ0v) is 12.2. The van der Waals surface area contributed by atoms with E-state index in [4.69, 9.17) is 10.00 Å². The Morgan fingerprint density at radius 2 is 2.10 bits per heavy atom. The quantitative estimate of drug-likeness (QED) is 0.878. The highest BCUT2D eigenvalue weighted by Crippen LogP contribution is 2.22. The average molecular weight is 276 g/mol. The monoisotopic (exact) mass is 276 g/mol. The molecule has 5 nitrogen and oxygen atoms in total. The number of carbonyl (C=O) groups is 1. The zero-order valence-electron chi connectivity index (χ0n) is 12.2. The number of hydrogen-bond donors (Lipinski definition) is 2. The fourth-order valence-corrected chi connectivity index (χ4v) is 1.63. The lowest BCUT2D eigenvalue weighted by Gasteiger charge is -2.26. The first kappa shape index (κ1) is 16.0. The van der Waals surface area contributed by atoms with Crippen molar-refractivity contribution in [3.63, 3.8) is 0 Å². The summed E-state index contributed by atoms with van der Waals surface area (Å²) in [6.45, 7) is 5.54. The van der Waals surface area contributed by atoms with E-state index in [1.165, 1.54) is 7.11 Å². The summed E-state index contributed by atoms with van der Waals surface area (Å²) in [7, 11) is 1.51. The third-order valence-electron chi connectivity index (χ3n) is 2.94. The Bertz CT molecular complexity index is 515. The van der Waals surface area contributed by atoms with Crippen LogP contribution in [0.4, 0.5) is 0 Å². The Hall–Kier alpha value is -2.06. The summed E-state index contributed by atoms with van der Waals surface area (Å²) in [4.78, 5) is 12.0. The summed E-state index contributed by atoms with van der Waals surface area (Å²) in [5, 5.41) is 21.7. The van der Waals surface area contributed by atoms with Gasteiger partial charge in [0.25, 0.3) is 5.91 Å². The molecule has 1 rings (SSSR count). The lowest BCUT2D eigenvalue weighted by atomic mass is 9.87. The summed E-state index contributed by atoms with van der Waals surface area (Å²) in [6.07, 6.45) is -1.33. The number of hydrogen-bond acceptors (Lipinski definition) is 4. The molecule has 1 amide bonds. The van der Waals surface area contributed by atoms with Gasteiger partial charge in [-0.2, -0.15) is 5.26 Å². The highest BCUT2D eigenvalue weighted by atomic mass is 16.5. The van der Waals surface area contributed by atoms with Crippen molar-refractivity contribution in [3.05, 3.63) is 29.8 Å². The third-order valence-corrected chi connectivity index (χ3v) is 2.94. The smallest absolute Gasteiger partial charge is 0.254 e. The number of nitrogens with zero attached hydrogens (tertiary/aromatic N) is 1. The molecule has 2 N–H and O–H groups in total. The minimum absolute atomic E-state index is 0.404. The number of ether oxygens (including phenoxy) is 1. The molecule has 0 radical (unpaired) electrons. The first-order chi connectivity index (χ1) is 9.29. The lowest BCUT2D eigenvalue weighted by molar-refractivity contribution is -0.130. The molecule has 0 unspecified atom stereocenters. The summed E-state index contributed by atoms with van der Waals surface area (Å²) in [5.41, 5.74) is 0.0193. The number of carbonyl (C=O) groups excluding carboxylic acids is 1. The molecule has 0 aliphatic rings. The van der Waals surface area contributed by atoms with Crippen LogP contribution in [0.5, 0.6) is 5.75 Å². The molecule has 108 valence electrons. The van der Waals surface area contributed by atoms with Gasteiger partial charge in [-0.3, -0.25) is 4.79 Å². The van der Waals surface area contributed by atoms with Gasteiger partial charge < -0.3 is 15.2 Å². The molecule has 2 atom stereocenters. The van der Waals surface area contributed by atoms with Crippen LogP contribution in [0.25, 0.3) is 0 Å². The number of aliphatic hydroxyl groups excluding tert-OH is 1. The van der Waals surface area contributed by atoms with Crippen LogP contribution in [-0.2, 0) is 4.79 Å². The van der Waals surface area contributed by atoms with Gasteiger partial charge >= 0.3 is 0 Å². The maximum absolute atomic E-state index is 12.0. The lowest BCUT2D eigenvalue weighted by Crippen LogP contribution is -2.44. The van der Waals surface area contributed by atoms with Crippen molar-refractivity contribution < 1.29 is 14.6 Å². The summed E-state index contributed by atoms with van der Waals surface area (Å²) < 4.78 is 5.05. The van der Waals surface area contributed by atoms with Crippen molar-refractivity contribution in [2.45, 2.75) is 32.9 Å². The highest BCUT2D eigenvalue weighted by molar-refractivity contribution is 5.82. The Labute approximate surface area is 119 Å². The van der Waals surface area contributed by atoms with Gasteiger partial charge in [0, 0.05) is 0 Å². The Balaban J connectivity index is 2.84. The summed E-state index contributed by atoms with van der Waals surface area (Å²) in [6, 6.07) is 7.99. The van der Waals surface area contributed by atoms with E-state index in [1.807, 2.05) is 26.8 Å². The summed E-state index contributed by atoms with van der Waals surface area (Å²) in [5.74, 6) is -0.0401. The number of nitriles is 1. The van der Waals surface area contributed by atoms with E-state index < -0.39 is 23.5 Å². The second-order valence-electron chi connectivity index (χ2n) is 5.62. The first-order valence-electron chi connectivity index (χ1n) is 6.31.